The second kappa shape index (κ2) is 3.89. The smallest absolute Gasteiger partial charge is 0.351 e. The summed E-state index contributed by atoms with van der Waals surface area (Å²) in [6.45, 7) is 0.221. The van der Waals surface area contributed by atoms with Crippen LogP contribution in [0.25, 0.3) is 0 Å². The average Bonchev–Trinajstić information content (AvgIpc) is 2.58. The number of carbonyl (C=O) groups excluding carboxylic acids is 1. The summed E-state index contributed by atoms with van der Waals surface area (Å²) in [7, 11) is 0. The highest BCUT2D eigenvalue weighted by molar-refractivity contribution is 5.94. The minimum atomic E-state index is -0.650. The van der Waals surface area contributed by atoms with E-state index in [1.807, 2.05) is 0 Å². The molecule has 2 rings (SSSR count). The molecule has 1 aliphatic heterocycles. The van der Waals surface area contributed by atoms with Crippen molar-refractivity contribution in [3.63, 3.8) is 0 Å². The van der Waals surface area contributed by atoms with E-state index in [-0.39, 0.29) is 36.7 Å². The molecular weight excluding hydrogens is 214 g/mol. The largest absolute Gasteiger partial charge is 0.396 e. The monoisotopic (exact) mass is 225 g/mol. The number of nitrogens with two attached hydrogens (primary N) is 1. The Kier molecular flexibility index (Phi) is 2.57. The molecule has 0 aliphatic carbocycles. The van der Waals surface area contributed by atoms with Gasteiger partial charge in [0.15, 0.2) is 0 Å². The maximum Gasteiger partial charge on any atom is 0.351 e. The van der Waals surface area contributed by atoms with Crippen LogP contribution < -0.4 is 16.3 Å². The molecule has 1 atom stereocenters. The van der Waals surface area contributed by atoms with Crippen molar-refractivity contribution in [2.45, 2.75) is 6.42 Å². The standard InChI is InChI=1S/C8H11N5O3/c9-6-10-7(12-8(16)11-6)13-2-4(3-14)1-5(13)15/h4,14H,1-3H2,(H3,9,10,11,12,16). The molecule has 1 aromatic rings. The van der Waals surface area contributed by atoms with Crippen molar-refractivity contribution in [2.24, 2.45) is 5.92 Å². The molecule has 4 N–H and O–H groups in total. The lowest BCUT2D eigenvalue weighted by molar-refractivity contribution is -0.117. The van der Waals surface area contributed by atoms with E-state index in [0.717, 1.165) is 0 Å². The number of anilines is 2. The Morgan fingerprint density at radius 2 is 2.25 bits per heavy atom. The van der Waals surface area contributed by atoms with E-state index in [1.165, 1.54) is 4.90 Å². The molecule has 0 saturated carbocycles. The van der Waals surface area contributed by atoms with Crippen molar-refractivity contribution < 1.29 is 9.90 Å². The zero-order chi connectivity index (χ0) is 11.7. The molecule has 1 aliphatic rings. The van der Waals surface area contributed by atoms with Crippen LogP contribution in [0.2, 0.25) is 0 Å². The molecule has 0 spiro atoms. The van der Waals surface area contributed by atoms with E-state index in [4.69, 9.17) is 10.8 Å². The number of hydrogen-bond donors (Lipinski definition) is 3. The number of hydrogen-bond acceptors (Lipinski definition) is 6. The summed E-state index contributed by atoms with van der Waals surface area (Å²) in [5.41, 5.74) is 4.70. The van der Waals surface area contributed by atoms with E-state index < -0.39 is 5.69 Å². The quantitative estimate of drug-likeness (QED) is 0.539. The Hall–Kier alpha value is -1.96. The summed E-state index contributed by atoms with van der Waals surface area (Å²) in [6, 6.07) is 0. The lowest BCUT2D eigenvalue weighted by atomic mass is 10.1. The molecule has 16 heavy (non-hydrogen) atoms. The highest BCUT2D eigenvalue weighted by atomic mass is 16.3. The molecule has 8 heteroatoms. The molecule has 2 heterocycles. The molecule has 0 bridgehead atoms. The second-order valence-corrected chi connectivity index (χ2v) is 3.60. The fourth-order valence-electron chi connectivity index (χ4n) is 1.61. The highest BCUT2D eigenvalue weighted by Crippen LogP contribution is 2.20. The van der Waals surface area contributed by atoms with Crippen molar-refractivity contribution in [1.29, 1.82) is 0 Å². The topological polar surface area (TPSA) is 125 Å². The van der Waals surface area contributed by atoms with Crippen molar-refractivity contribution >= 4 is 17.8 Å². The van der Waals surface area contributed by atoms with Gasteiger partial charge in [-0.2, -0.15) is 9.97 Å². The molecule has 0 aromatic carbocycles. The van der Waals surface area contributed by atoms with Crippen LogP contribution in [0.5, 0.6) is 0 Å². The molecule has 8 nitrogen and oxygen atoms in total. The number of nitrogen functional groups attached to an aromatic ring is 1. The molecule has 1 aromatic heterocycles. The fraction of sp³-hybridized carbons (Fsp3) is 0.500. The summed E-state index contributed by atoms with van der Waals surface area (Å²) >= 11 is 0. The number of aromatic nitrogens is 3. The second-order valence-electron chi connectivity index (χ2n) is 3.60. The van der Waals surface area contributed by atoms with Crippen LogP contribution >= 0.6 is 0 Å². The number of rotatable bonds is 2. The van der Waals surface area contributed by atoms with Gasteiger partial charge in [-0.15, -0.1) is 0 Å². The van der Waals surface area contributed by atoms with Gasteiger partial charge >= 0.3 is 5.69 Å². The van der Waals surface area contributed by atoms with Crippen molar-refractivity contribution in [2.75, 3.05) is 23.8 Å². The van der Waals surface area contributed by atoms with Gasteiger partial charge in [0.25, 0.3) is 0 Å². The Morgan fingerprint density at radius 1 is 1.50 bits per heavy atom. The van der Waals surface area contributed by atoms with Gasteiger partial charge in [-0.3, -0.25) is 14.7 Å². The van der Waals surface area contributed by atoms with E-state index in [1.54, 1.807) is 0 Å². The number of aliphatic hydroxyl groups is 1. The van der Waals surface area contributed by atoms with Gasteiger partial charge in [0.2, 0.25) is 17.8 Å². The van der Waals surface area contributed by atoms with Gasteiger partial charge in [-0.25, -0.2) is 4.79 Å². The van der Waals surface area contributed by atoms with Crippen LogP contribution in [0.4, 0.5) is 11.9 Å². The minimum Gasteiger partial charge on any atom is -0.396 e. The van der Waals surface area contributed by atoms with Crippen LogP contribution in [0.3, 0.4) is 0 Å². The Morgan fingerprint density at radius 3 is 2.81 bits per heavy atom. The lowest BCUT2D eigenvalue weighted by Crippen LogP contribution is -2.30. The van der Waals surface area contributed by atoms with Gasteiger partial charge in [0.1, 0.15) is 0 Å². The number of aliphatic hydroxyl groups excluding tert-OH is 1. The van der Waals surface area contributed by atoms with Crippen LogP contribution in [0, 0.1) is 5.92 Å². The summed E-state index contributed by atoms with van der Waals surface area (Å²) < 4.78 is 0. The number of aromatic amines is 1. The van der Waals surface area contributed by atoms with Crippen LogP contribution in [0.1, 0.15) is 6.42 Å². The van der Waals surface area contributed by atoms with E-state index in [0.29, 0.717) is 6.54 Å². The fourth-order valence-corrected chi connectivity index (χ4v) is 1.61. The first-order valence-corrected chi connectivity index (χ1v) is 4.75. The number of nitrogens with zero attached hydrogens (tertiary/aromatic N) is 3. The van der Waals surface area contributed by atoms with Crippen LogP contribution in [-0.4, -0.2) is 39.1 Å². The predicted octanol–water partition coefficient (Wildman–Crippen LogP) is -1.91. The van der Waals surface area contributed by atoms with Gasteiger partial charge in [-0.1, -0.05) is 0 Å². The van der Waals surface area contributed by atoms with Crippen LogP contribution in [-0.2, 0) is 4.79 Å². The number of carbonyl (C=O) groups is 1. The van der Waals surface area contributed by atoms with Crippen molar-refractivity contribution in [3.8, 4) is 0 Å². The molecule has 1 fully saturated rings. The molecule has 1 amide bonds. The third kappa shape index (κ3) is 1.87. The minimum absolute atomic E-state index is 0.0119. The molecular formula is C8H11N5O3. The first kappa shape index (κ1) is 10.6. The third-order valence-corrected chi connectivity index (χ3v) is 2.36. The summed E-state index contributed by atoms with van der Waals surface area (Å²) in [4.78, 5) is 33.4. The maximum absolute atomic E-state index is 11.5. The Labute approximate surface area is 90.1 Å². The predicted molar refractivity (Wildman–Crippen MR) is 54.6 cm³/mol. The Balaban J connectivity index is 2.31. The normalized spacial score (nSPS) is 20.4. The molecule has 0 radical (unpaired) electrons. The summed E-state index contributed by atoms with van der Waals surface area (Å²) in [5.74, 6) is -0.460. The van der Waals surface area contributed by atoms with E-state index >= 15 is 0 Å². The molecule has 86 valence electrons. The van der Waals surface area contributed by atoms with Crippen molar-refractivity contribution in [3.05, 3.63) is 10.5 Å². The number of H-pyrrole nitrogens is 1. The lowest BCUT2D eigenvalue weighted by Gasteiger charge is -2.13. The van der Waals surface area contributed by atoms with E-state index in [2.05, 4.69) is 15.0 Å². The van der Waals surface area contributed by atoms with Crippen LogP contribution in [0.15, 0.2) is 4.79 Å². The summed E-state index contributed by atoms with van der Waals surface area (Å²) in [6.07, 6.45) is 0.229. The zero-order valence-corrected chi connectivity index (χ0v) is 8.38. The zero-order valence-electron chi connectivity index (χ0n) is 8.38. The highest BCUT2D eigenvalue weighted by Gasteiger charge is 2.32. The first-order chi connectivity index (χ1) is 7.60. The van der Waals surface area contributed by atoms with E-state index in [9.17, 15) is 9.59 Å². The van der Waals surface area contributed by atoms with Gasteiger partial charge in [-0.05, 0) is 0 Å². The average molecular weight is 225 g/mol. The van der Waals surface area contributed by atoms with Gasteiger partial charge in [0.05, 0.1) is 0 Å². The summed E-state index contributed by atoms with van der Waals surface area (Å²) in [5, 5.41) is 8.95. The maximum atomic E-state index is 11.5. The van der Waals surface area contributed by atoms with Gasteiger partial charge in [0, 0.05) is 25.5 Å². The number of amides is 1. The Bertz CT molecular complexity index is 471. The van der Waals surface area contributed by atoms with Crippen molar-refractivity contribution in [1.82, 2.24) is 15.0 Å². The third-order valence-electron chi connectivity index (χ3n) is 2.36. The number of nitrogens with one attached hydrogen (secondary N) is 1. The molecule has 1 saturated heterocycles. The van der Waals surface area contributed by atoms with Gasteiger partial charge < -0.3 is 10.8 Å². The first-order valence-electron chi connectivity index (χ1n) is 4.75. The molecule has 1 unspecified atom stereocenters. The SMILES string of the molecule is Nc1nc(N2CC(CO)CC2=O)nc(=O)[nH]1.